The van der Waals surface area contributed by atoms with Gasteiger partial charge in [0.25, 0.3) is 0 Å². The van der Waals surface area contributed by atoms with Gasteiger partial charge < -0.3 is 14.8 Å². The predicted octanol–water partition coefficient (Wildman–Crippen LogP) is 2.93. The van der Waals surface area contributed by atoms with Crippen molar-refractivity contribution in [2.24, 2.45) is 0 Å². The minimum atomic E-state index is 0.171. The lowest BCUT2D eigenvalue weighted by molar-refractivity contribution is 0.174. The van der Waals surface area contributed by atoms with Crippen molar-refractivity contribution in [3.05, 3.63) is 35.2 Å². The number of ether oxygens (including phenoxy) is 2. The number of hydrogen-bond acceptors (Lipinski definition) is 4. The average Bonchev–Trinajstić information content (AvgIpc) is 2.99. The van der Waals surface area contributed by atoms with Crippen LogP contribution in [0.5, 0.6) is 11.5 Å². The molecule has 1 atom stereocenters. The molecule has 2 heterocycles. The van der Waals surface area contributed by atoms with Gasteiger partial charge in [-0.25, -0.2) is 0 Å². The van der Waals surface area contributed by atoms with Gasteiger partial charge in [0.15, 0.2) is 11.5 Å². The number of nitrogens with zero attached hydrogens (tertiary/aromatic N) is 1. The fourth-order valence-electron chi connectivity index (χ4n) is 2.25. The summed E-state index contributed by atoms with van der Waals surface area (Å²) in [5, 5.41) is 10.6. The van der Waals surface area contributed by atoms with Crippen LogP contribution in [0.1, 0.15) is 29.9 Å². The lowest BCUT2D eigenvalue weighted by Crippen LogP contribution is -2.07. The highest BCUT2D eigenvalue weighted by Crippen LogP contribution is 2.35. The Morgan fingerprint density at radius 3 is 2.79 bits per heavy atom. The van der Waals surface area contributed by atoms with Gasteiger partial charge in [0, 0.05) is 6.04 Å². The molecule has 19 heavy (non-hydrogen) atoms. The van der Waals surface area contributed by atoms with E-state index in [0.29, 0.717) is 6.79 Å². The number of rotatable bonds is 3. The fourth-order valence-corrected chi connectivity index (χ4v) is 2.25. The highest BCUT2D eigenvalue weighted by atomic mass is 16.7. The summed E-state index contributed by atoms with van der Waals surface area (Å²) in [6.07, 6.45) is 0. The van der Waals surface area contributed by atoms with Crippen LogP contribution in [0.2, 0.25) is 0 Å². The van der Waals surface area contributed by atoms with Crippen molar-refractivity contribution in [2.75, 3.05) is 12.1 Å². The lowest BCUT2D eigenvalue weighted by atomic mass is 10.1. The summed E-state index contributed by atoms with van der Waals surface area (Å²) in [6, 6.07) is 6.19. The molecular weight excluding hydrogens is 242 g/mol. The summed E-state index contributed by atoms with van der Waals surface area (Å²) >= 11 is 0. The van der Waals surface area contributed by atoms with E-state index in [2.05, 4.69) is 28.5 Å². The molecule has 0 fully saturated rings. The van der Waals surface area contributed by atoms with Crippen LogP contribution in [0.4, 0.5) is 5.69 Å². The van der Waals surface area contributed by atoms with Gasteiger partial charge in [0.2, 0.25) is 6.79 Å². The number of nitrogens with one attached hydrogen (secondary N) is 2. The third-order valence-electron chi connectivity index (χ3n) is 3.39. The molecule has 0 radical (unpaired) electrons. The third-order valence-corrected chi connectivity index (χ3v) is 3.39. The molecule has 0 saturated carbocycles. The molecular formula is C14H17N3O2. The van der Waals surface area contributed by atoms with Crippen LogP contribution in [0.25, 0.3) is 0 Å². The summed E-state index contributed by atoms with van der Waals surface area (Å²) in [5.74, 6) is 1.62. The first-order chi connectivity index (χ1) is 9.15. The Bertz CT molecular complexity index is 587. The van der Waals surface area contributed by atoms with Crippen LogP contribution >= 0.6 is 0 Å². The summed E-state index contributed by atoms with van der Waals surface area (Å²) in [6.45, 7) is 6.41. The minimum Gasteiger partial charge on any atom is -0.454 e. The quantitative estimate of drug-likeness (QED) is 0.889. The number of hydrogen-bond donors (Lipinski definition) is 2. The van der Waals surface area contributed by atoms with Crippen LogP contribution in [-0.4, -0.2) is 17.0 Å². The molecule has 0 amide bonds. The second kappa shape index (κ2) is 4.50. The van der Waals surface area contributed by atoms with Crippen LogP contribution in [0.15, 0.2) is 18.2 Å². The van der Waals surface area contributed by atoms with E-state index in [1.807, 2.05) is 26.0 Å². The number of fused-ring (bicyclic) bond motifs is 1. The van der Waals surface area contributed by atoms with Gasteiger partial charge in [-0.05, 0) is 38.5 Å². The van der Waals surface area contributed by atoms with Gasteiger partial charge in [-0.2, -0.15) is 5.10 Å². The predicted molar refractivity (Wildman–Crippen MR) is 72.7 cm³/mol. The van der Waals surface area contributed by atoms with Crippen LogP contribution in [0.3, 0.4) is 0 Å². The molecule has 3 rings (SSSR count). The minimum absolute atomic E-state index is 0.171. The molecule has 2 N–H and O–H groups in total. The topological polar surface area (TPSA) is 59.2 Å². The summed E-state index contributed by atoms with van der Waals surface area (Å²) in [7, 11) is 0. The van der Waals surface area contributed by atoms with Crippen molar-refractivity contribution in [3.63, 3.8) is 0 Å². The Balaban J connectivity index is 1.82. The van der Waals surface area contributed by atoms with Gasteiger partial charge >= 0.3 is 0 Å². The van der Waals surface area contributed by atoms with E-state index in [4.69, 9.17) is 9.47 Å². The van der Waals surface area contributed by atoms with E-state index in [0.717, 1.165) is 34.1 Å². The lowest BCUT2D eigenvalue weighted by Gasteiger charge is -2.16. The number of benzene rings is 1. The Kier molecular flexibility index (Phi) is 2.81. The molecule has 1 aromatic heterocycles. The molecule has 5 heteroatoms. The molecule has 5 nitrogen and oxygen atoms in total. The molecule has 100 valence electrons. The second-order valence-electron chi connectivity index (χ2n) is 4.79. The van der Waals surface area contributed by atoms with E-state index in [-0.39, 0.29) is 6.04 Å². The van der Waals surface area contributed by atoms with Crippen molar-refractivity contribution in [3.8, 4) is 11.5 Å². The molecule has 0 saturated heterocycles. The van der Waals surface area contributed by atoms with Gasteiger partial charge in [-0.1, -0.05) is 6.07 Å². The Morgan fingerprint density at radius 2 is 2.05 bits per heavy atom. The maximum Gasteiger partial charge on any atom is 0.231 e. The van der Waals surface area contributed by atoms with Gasteiger partial charge in [0.05, 0.1) is 17.1 Å². The molecule has 2 aromatic rings. The monoisotopic (exact) mass is 259 g/mol. The SMILES string of the molecule is Cc1n[nH]c(C)c1NC(C)c1ccc2c(c1)OCO2. The Morgan fingerprint density at radius 1 is 1.26 bits per heavy atom. The summed E-state index contributed by atoms with van der Waals surface area (Å²) in [4.78, 5) is 0. The van der Waals surface area contributed by atoms with E-state index >= 15 is 0 Å². The first-order valence-corrected chi connectivity index (χ1v) is 6.33. The van der Waals surface area contributed by atoms with Gasteiger partial charge in [-0.15, -0.1) is 0 Å². The zero-order chi connectivity index (χ0) is 13.4. The van der Waals surface area contributed by atoms with Crippen molar-refractivity contribution in [2.45, 2.75) is 26.8 Å². The van der Waals surface area contributed by atoms with E-state index in [1.165, 1.54) is 0 Å². The highest BCUT2D eigenvalue weighted by Gasteiger charge is 2.17. The number of anilines is 1. The van der Waals surface area contributed by atoms with E-state index in [1.54, 1.807) is 0 Å². The average molecular weight is 259 g/mol. The maximum absolute atomic E-state index is 5.40. The molecule has 0 bridgehead atoms. The Hall–Kier alpha value is -2.17. The van der Waals surface area contributed by atoms with E-state index < -0.39 is 0 Å². The van der Waals surface area contributed by atoms with Crippen LogP contribution in [0, 0.1) is 13.8 Å². The van der Waals surface area contributed by atoms with Gasteiger partial charge in [-0.3, -0.25) is 5.10 Å². The standard InChI is InChI=1S/C14H17N3O2/c1-8(15-14-9(2)16-17-10(14)3)11-4-5-12-13(6-11)19-7-18-12/h4-6,8,15H,7H2,1-3H3,(H,16,17). The molecule has 0 aliphatic carbocycles. The molecule has 0 spiro atoms. The van der Waals surface area contributed by atoms with Crippen LogP contribution in [-0.2, 0) is 0 Å². The number of aryl methyl sites for hydroxylation is 2. The first-order valence-electron chi connectivity index (χ1n) is 6.33. The fraction of sp³-hybridized carbons (Fsp3) is 0.357. The maximum atomic E-state index is 5.40. The molecule has 1 aromatic carbocycles. The van der Waals surface area contributed by atoms with Crippen molar-refractivity contribution >= 4 is 5.69 Å². The third kappa shape index (κ3) is 2.12. The van der Waals surface area contributed by atoms with Crippen molar-refractivity contribution in [1.82, 2.24) is 10.2 Å². The zero-order valence-electron chi connectivity index (χ0n) is 11.3. The number of aromatic amines is 1. The molecule has 1 unspecified atom stereocenters. The normalized spacial score (nSPS) is 14.5. The smallest absolute Gasteiger partial charge is 0.231 e. The number of H-pyrrole nitrogens is 1. The molecule has 1 aliphatic heterocycles. The summed E-state index contributed by atoms with van der Waals surface area (Å²) in [5.41, 5.74) is 4.24. The van der Waals surface area contributed by atoms with Gasteiger partial charge in [0.1, 0.15) is 0 Å². The first kappa shape index (κ1) is 11.9. The highest BCUT2D eigenvalue weighted by molar-refractivity contribution is 5.54. The van der Waals surface area contributed by atoms with Crippen molar-refractivity contribution < 1.29 is 9.47 Å². The zero-order valence-corrected chi connectivity index (χ0v) is 11.3. The molecule has 1 aliphatic rings. The van der Waals surface area contributed by atoms with Crippen molar-refractivity contribution in [1.29, 1.82) is 0 Å². The Labute approximate surface area is 111 Å². The van der Waals surface area contributed by atoms with E-state index in [9.17, 15) is 0 Å². The second-order valence-corrected chi connectivity index (χ2v) is 4.79. The summed E-state index contributed by atoms with van der Waals surface area (Å²) < 4.78 is 10.7. The van der Waals surface area contributed by atoms with Crippen LogP contribution < -0.4 is 14.8 Å². The largest absolute Gasteiger partial charge is 0.454 e. The number of aromatic nitrogens is 2.